The van der Waals surface area contributed by atoms with Gasteiger partial charge in [0.25, 0.3) is 0 Å². The molecular weight excluding hydrogens is 769 g/mol. The third kappa shape index (κ3) is 10.7. The van der Waals surface area contributed by atoms with Crippen LogP contribution in [0.25, 0.3) is 64.6 Å². The highest BCUT2D eigenvalue weighted by molar-refractivity contribution is 6.24. The van der Waals surface area contributed by atoms with Crippen molar-refractivity contribution in [1.82, 2.24) is 0 Å². The summed E-state index contributed by atoms with van der Waals surface area (Å²) in [5.74, 6) is -0.411. The van der Waals surface area contributed by atoms with Gasteiger partial charge in [0.15, 0.2) is 0 Å². The average Bonchev–Trinajstić information content (AvgIpc) is 3.29. The zero-order chi connectivity index (χ0) is 41.6. The lowest BCUT2D eigenvalue weighted by atomic mass is 9.90. The Morgan fingerprint density at radius 3 is 0.984 bits per heavy atom. The number of rotatable bonds is 26. The van der Waals surface area contributed by atoms with E-state index in [1.54, 1.807) is 0 Å². The first-order chi connectivity index (χ1) is 30.1. The fourth-order valence-corrected chi connectivity index (χ4v) is 8.43. The maximum absolute atomic E-state index is 12.3. The average molecular weight is 823 g/mol. The zero-order valence-corrected chi connectivity index (χ0v) is 34.8. The highest BCUT2D eigenvalue weighted by atomic mass is 16.6. The highest BCUT2D eigenvalue weighted by Crippen LogP contribution is 2.37. The van der Waals surface area contributed by atoms with Crippen molar-refractivity contribution in [2.75, 3.05) is 79.3 Å². The van der Waals surface area contributed by atoms with Gasteiger partial charge in [-0.05, 0) is 101 Å². The topological polar surface area (TPSA) is 98.8 Å². The second kappa shape index (κ2) is 21.4. The van der Waals surface area contributed by atoms with Crippen molar-refractivity contribution in [3.05, 3.63) is 120 Å². The summed E-state index contributed by atoms with van der Waals surface area (Å²) in [6.07, 6.45) is 3.84. The van der Waals surface area contributed by atoms with Crippen LogP contribution in [0.5, 0.6) is 0 Å². The number of carbonyl (C=O) groups excluding carboxylic acids is 2. The zero-order valence-electron chi connectivity index (χ0n) is 34.8. The summed E-state index contributed by atoms with van der Waals surface area (Å²) in [5.41, 5.74) is 2.52. The Bertz CT molecular complexity index is 2440. The molecule has 0 aliphatic carbocycles. The van der Waals surface area contributed by atoms with E-state index in [1.165, 1.54) is 75.8 Å². The Morgan fingerprint density at radius 2 is 0.623 bits per heavy atom. The van der Waals surface area contributed by atoms with Crippen LogP contribution in [0.4, 0.5) is 0 Å². The number of carbonyl (C=O) groups is 2. The molecule has 316 valence electrons. The maximum Gasteiger partial charge on any atom is 0.305 e. The van der Waals surface area contributed by atoms with Crippen LogP contribution < -0.4 is 0 Å². The van der Waals surface area contributed by atoms with Crippen molar-refractivity contribution in [1.29, 1.82) is 0 Å². The number of ether oxygens (including phenoxy) is 7. The quantitative estimate of drug-likeness (QED) is 0.0300. The third-order valence-electron chi connectivity index (χ3n) is 11.4. The van der Waals surface area contributed by atoms with E-state index < -0.39 is 0 Å². The van der Waals surface area contributed by atoms with Crippen molar-refractivity contribution >= 4 is 76.6 Å². The molecule has 0 amide bonds. The summed E-state index contributed by atoms with van der Waals surface area (Å²) < 4.78 is 38.5. The van der Waals surface area contributed by atoms with Crippen LogP contribution in [0.3, 0.4) is 0 Å². The summed E-state index contributed by atoms with van der Waals surface area (Å²) in [5, 5.41) is 15.3. The molecule has 0 spiro atoms. The van der Waals surface area contributed by atoms with E-state index in [-0.39, 0.29) is 25.2 Å². The summed E-state index contributed by atoms with van der Waals surface area (Å²) in [7, 11) is 0. The van der Waals surface area contributed by atoms with Crippen molar-refractivity contribution in [3.63, 3.8) is 0 Å². The van der Waals surface area contributed by atoms with Gasteiger partial charge in [-0.15, -0.1) is 0 Å². The lowest BCUT2D eigenvalue weighted by molar-refractivity contribution is -0.146. The Hall–Kier alpha value is -5.42. The van der Waals surface area contributed by atoms with Gasteiger partial charge in [0, 0.05) is 12.8 Å². The summed E-state index contributed by atoms with van der Waals surface area (Å²) >= 11 is 0. The lowest BCUT2D eigenvalue weighted by Crippen LogP contribution is -2.15. The van der Waals surface area contributed by atoms with Crippen molar-refractivity contribution in [3.8, 4) is 0 Å². The van der Waals surface area contributed by atoms with Crippen LogP contribution in [-0.2, 0) is 55.6 Å². The van der Waals surface area contributed by atoms with Gasteiger partial charge in [0.05, 0.1) is 66.1 Å². The van der Waals surface area contributed by atoms with Gasteiger partial charge < -0.3 is 33.2 Å². The molecule has 0 atom stereocenters. The van der Waals surface area contributed by atoms with Gasteiger partial charge in [0.2, 0.25) is 0 Å². The normalized spacial score (nSPS) is 11.9. The smallest absolute Gasteiger partial charge is 0.305 e. The van der Waals surface area contributed by atoms with Crippen molar-refractivity contribution in [2.24, 2.45) is 0 Å². The molecule has 9 heteroatoms. The Morgan fingerprint density at radius 1 is 0.328 bits per heavy atom. The Kier molecular flexibility index (Phi) is 14.8. The monoisotopic (exact) mass is 822 g/mol. The fraction of sp³-hybridized carbons (Fsp3) is 0.346. The molecule has 8 aromatic carbocycles. The minimum absolute atomic E-state index is 0.205. The molecule has 0 unspecified atom stereocenters. The first kappa shape index (κ1) is 42.3. The van der Waals surface area contributed by atoms with Gasteiger partial charge in [-0.3, -0.25) is 9.59 Å². The molecule has 0 heterocycles. The number of hydrogen-bond acceptors (Lipinski definition) is 9. The largest absolute Gasteiger partial charge is 0.463 e. The predicted molar refractivity (Wildman–Crippen MR) is 242 cm³/mol. The maximum atomic E-state index is 12.3. The summed E-state index contributed by atoms with van der Waals surface area (Å²) in [4.78, 5) is 24.7. The van der Waals surface area contributed by atoms with Crippen molar-refractivity contribution < 1.29 is 42.7 Å². The Labute approximate surface area is 356 Å². The highest BCUT2D eigenvalue weighted by Gasteiger charge is 2.13. The van der Waals surface area contributed by atoms with Gasteiger partial charge in [-0.25, -0.2) is 0 Å². The van der Waals surface area contributed by atoms with Crippen molar-refractivity contribution in [2.45, 2.75) is 38.5 Å². The van der Waals surface area contributed by atoms with E-state index in [0.717, 1.165) is 25.7 Å². The molecule has 61 heavy (non-hydrogen) atoms. The molecule has 0 aliphatic rings. The summed E-state index contributed by atoms with van der Waals surface area (Å²) in [6, 6.07) is 39.2. The number of aryl methyl sites for hydroxylation is 2. The minimum atomic E-state index is -0.205. The molecular formula is C52H54O9. The standard InChI is InChI=1S/C52H54O9/c53-47(11-3-5-37-13-15-43-19-17-39-7-1-9-41-21-23-45(37)51(43)49(39)41)60-35-33-58-31-29-56-27-25-55-26-28-57-30-32-59-34-36-61-48(54)12-4-6-38-14-16-44-20-18-40-8-2-10-42-22-24-46(38)52(44)50(40)42/h1-2,7-10,13-24H,3-6,11-12,25-36H2. The van der Waals surface area contributed by atoms with Crippen LogP contribution in [0.1, 0.15) is 36.8 Å². The molecule has 0 bridgehead atoms. The summed E-state index contributed by atoms with van der Waals surface area (Å²) in [6.45, 7) is 4.62. The minimum Gasteiger partial charge on any atom is -0.463 e. The molecule has 0 saturated carbocycles. The molecule has 8 aromatic rings. The molecule has 0 saturated heterocycles. The van der Waals surface area contributed by atoms with Gasteiger partial charge in [0.1, 0.15) is 13.2 Å². The van der Waals surface area contributed by atoms with Gasteiger partial charge in [-0.2, -0.15) is 0 Å². The van der Waals surface area contributed by atoms with E-state index in [9.17, 15) is 9.59 Å². The molecule has 0 aromatic heterocycles. The van der Waals surface area contributed by atoms with Crippen LogP contribution in [0, 0.1) is 0 Å². The lowest BCUT2D eigenvalue weighted by Gasteiger charge is -2.14. The number of hydrogen-bond donors (Lipinski definition) is 0. The Balaban J connectivity index is 0.574. The van der Waals surface area contributed by atoms with E-state index in [1.807, 2.05) is 0 Å². The fourth-order valence-electron chi connectivity index (χ4n) is 8.43. The molecule has 0 N–H and O–H groups in total. The molecule has 9 nitrogen and oxygen atoms in total. The van der Waals surface area contributed by atoms with Crippen LogP contribution in [0.15, 0.2) is 109 Å². The second-order valence-corrected chi connectivity index (χ2v) is 15.4. The first-order valence-corrected chi connectivity index (χ1v) is 21.6. The van der Waals surface area contributed by atoms with Crippen LogP contribution >= 0.6 is 0 Å². The third-order valence-corrected chi connectivity index (χ3v) is 11.4. The van der Waals surface area contributed by atoms with Gasteiger partial charge in [-0.1, -0.05) is 109 Å². The van der Waals surface area contributed by atoms with Crippen LogP contribution in [0.2, 0.25) is 0 Å². The molecule has 8 rings (SSSR count). The van der Waals surface area contributed by atoms with E-state index in [0.29, 0.717) is 78.9 Å². The second-order valence-electron chi connectivity index (χ2n) is 15.4. The van der Waals surface area contributed by atoms with E-state index in [2.05, 4.69) is 109 Å². The first-order valence-electron chi connectivity index (χ1n) is 21.6. The predicted octanol–water partition coefficient (Wildman–Crippen LogP) is 10.00. The molecule has 0 fully saturated rings. The van der Waals surface area contributed by atoms with E-state index >= 15 is 0 Å². The molecule has 0 aliphatic heterocycles. The van der Waals surface area contributed by atoms with Gasteiger partial charge >= 0.3 is 11.9 Å². The van der Waals surface area contributed by atoms with Crippen LogP contribution in [-0.4, -0.2) is 91.2 Å². The number of benzene rings is 8. The molecule has 0 radical (unpaired) electrons. The SMILES string of the molecule is O=C(CCCc1ccc2ccc3cccc4ccc1c2c34)OCCOCCOCCOCCOCCOCCOC(=O)CCCc1ccc2ccc3cccc4ccc1c2c34. The number of esters is 2. The van der Waals surface area contributed by atoms with E-state index in [4.69, 9.17) is 33.2 Å².